The zero-order chi connectivity index (χ0) is 26.1. The molecular weight excluding hydrogens is 498 g/mol. The van der Waals surface area contributed by atoms with Gasteiger partial charge in [-0.1, -0.05) is 54.6 Å². The van der Waals surface area contributed by atoms with Crippen LogP contribution in [0.4, 0.5) is 23.2 Å². The van der Waals surface area contributed by atoms with Crippen LogP contribution in [0.3, 0.4) is 0 Å². The summed E-state index contributed by atoms with van der Waals surface area (Å²) in [5.41, 5.74) is -3.55. The van der Waals surface area contributed by atoms with Gasteiger partial charge in [0, 0.05) is 5.39 Å². The minimum atomic E-state index is -5.62. The lowest BCUT2D eigenvalue weighted by Gasteiger charge is -2.13. The molecule has 0 unspecified atom stereocenters. The van der Waals surface area contributed by atoms with Crippen LogP contribution in [-0.2, 0) is 10.0 Å². The first-order valence-electron chi connectivity index (χ1n) is 10.4. The smallest absolute Gasteiger partial charge is 0.478 e. The third kappa shape index (κ3) is 5.23. The lowest BCUT2D eigenvalue weighted by Crippen LogP contribution is -2.29. The number of rotatable bonds is 6. The van der Waals surface area contributed by atoms with Crippen LogP contribution < -0.4 is 4.72 Å². The van der Waals surface area contributed by atoms with Crippen molar-refractivity contribution in [2.24, 2.45) is 0 Å². The molecule has 0 atom stereocenters. The van der Waals surface area contributed by atoms with Crippen LogP contribution >= 0.6 is 0 Å². The fraction of sp³-hybridized carbons (Fsp3) is 0.0385. The minimum Gasteiger partial charge on any atom is -0.478 e. The van der Waals surface area contributed by atoms with E-state index >= 15 is 0 Å². The average molecular weight is 515 g/mol. The summed E-state index contributed by atoms with van der Waals surface area (Å²) in [6, 6.07) is 19.3. The van der Waals surface area contributed by atoms with E-state index in [9.17, 15) is 35.9 Å². The second kappa shape index (κ2) is 9.46. The van der Waals surface area contributed by atoms with Crippen LogP contribution in [0.25, 0.3) is 34.1 Å². The molecule has 0 saturated heterocycles. The maximum atomic E-state index is 13.3. The number of halogens is 4. The molecule has 10 heteroatoms. The monoisotopic (exact) mass is 515 g/mol. The van der Waals surface area contributed by atoms with E-state index in [0.29, 0.717) is 27.6 Å². The number of nitrogens with one attached hydrogen (secondary N) is 1. The highest BCUT2D eigenvalue weighted by Crippen LogP contribution is 2.31. The summed E-state index contributed by atoms with van der Waals surface area (Å²) in [6.07, 6.45) is 3.09. The average Bonchev–Trinajstić information content (AvgIpc) is 2.82. The van der Waals surface area contributed by atoms with Gasteiger partial charge in [0.15, 0.2) is 0 Å². The third-order valence-electron chi connectivity index (χ3n) is 5.37. The number of anilines is 1. The van der Waals surface area contributed by atoms with E-state index < -0.39 is 27.3 Å². The van der Waals surface area contributed by atoms with Crippen molar-refractivity contribution in [1.29, 1.82) is 0 Å². The van der Waals surface area contributed by atoms with Crippen molar-refractivity contribution in [2.45, 2.75) is 5.51 Å². The van der Waals surface area contributed by atoms with E-state index in [2.05, 4.69) is 0 Å². The van der Waals surface area contributed by atoms with Gasteiger partial charge in [0.2, 0.25) is 0 Å². The van der Waals surface area contributed by atoms with Crippen molar-refractivity contribution in [3.8, 4) is 11.1 Å². The molecule has 184 valence electrons. The van der Waals surface area contributed by atoms with Gasteiger partial charge in [-0.3, -0.25) is 4.72 Å². The molecule has 0 aliphatic rings. The van der Waals surface area contributed by atoms with E-state index in [-0.39, 0.29) is 16.6 Å². The third-order valence-corrected chi connectivity index (χ3v) is 6.47. The first-order chi connectivity index (χ1) is 16.9. The molecule has 0 heterocycles. The molecule has 0 spiro atoms. The summed E-state index contributed by atoms with van der Waals surface area (Å²) in [5, 5.41) is 10.3. The highest BCUT2D eigenvalue weighted by atomic mass is 32.2. The fourth-order valence-corrected chi connectivity index (χ4v) is 4.17. The molecule has 0 fully saturated rings. The van der Waals surface area contributed by atoms with Crippen LogP contribution in [0.1, 0.15) is 21.5 Å². The standard InChI is InChI=1S/C26H17F4NO4S/c27-21-11-8-17(9-12-21)19-10-13-22(25(32)33)20(15-19)7-5-16-4-6-18-2-1-3-24(23(18)14-16)31-36(34,35)26(28,29)30/h1-15,31H,(H,32,33)/b7-5+. The number of aromatic carboxylic acids is 1. The zero-order valence-corrected chi connectivity index (χ0v) is 19.1. The molecule has 0 radical (unpaired) electrons. The summed E-state index contributed by atoms with van der Waals surface area (Å²) >= 11 is 0. The summed E-state index contributed by atoms with van der Waals surface area (Å²) in [7, 11) is -5.62. The molecule has 4 aromatic rings. The van der Waals surface area contributed by atoms with Crippen LogP contribution in [0, 0.1) is 5.82 Å². The summed E-state index contributed by atoms with van der Waals surface area (Å²) in [4.78, 5) is 11.7. The second-order valence-corrected chi connectivity index (χ2v) is 9.46. The molecule has 0 saturated carbocycles. The molecule has 4 aromatic carbocycles. The van der Waals surface area contributed by atoms with Gasteiger partial charge in [-0.15, -0.1) is 0 Å². The predicted octanol–water partition coefficient (Wildman–Crippen LogP) is 6.78. The molecule has 5 nitrogen and oxygen atoms in total. The number of carbonyl (C=O) groups is 1. The van der Waals surface area contributed by atoms with Crippen LogP contribution in [0.5, 0.6) is 0 Å². The normalized spacial score (nSPS) is 12.2. The number of hydrogen-bond donors (Lipinski definition) is 2. The van der Waals surface area contributed by atoms with Gasteiger partial charge < -0.3 is 5.11 Å². The van der Waals surface area contributed by atoms with Gasteiger partial charge in [-0.2, -0.15) is 21.6 Å². The first-order valence-corrected chi connectivity index (χ1v) is 11.9. The Labute approximate surface area is 203 Å². The van der Waals surface area contributed by atoms with Crippen molar-refractivity contribution in [2.75, 3.05) is 4.72 Å². The predicted molar refractivity (Wildman–Crippen MR) is 130 cm³/mol. The number of benzene rings is 4. The molecule has 0 bridgehead atoms. The molecule has 4 rings (SSSR count). The van der Waals surface area contributed by atoms with Crippen molar-refractivity contribution in [3.05, 3.63) is 101 Å². The topological polar surface area (TPSA) is 83.5 Å². The quantitative estimate of drug-likeness (QED) is 0.219. The van der Waals surface area contributed by atoms with Crippen molar-refractivity contribution < 1.29 is 35.9 Å². The SMILES string of the molecule is O=C(O)c1ccc(-c2ccc(F)cc2)cc1/C=C/c1ccc2cccc(NS(=O)(=O)C(F)(F)F)c2c1. The fourth-order valence-electron chi connectivity index (χ4n) is 3.59. The van der Waals surface area contributed by atoms with Gasteiger partial charge in [0.1, 0.15) is 5.82 Å². The van der Waals surface area contributed by atoms with Gasteiger partial charge in [-0.05, 0) is 64.0 Å². The van der Waals surface area contributed by atoms with Gasteiger partial charge in [0.05, 0.1) is 11.3 Å². The largest absolute Gasteiger partial charge is 0.516 e. The Bertz CT molecular complexity index is 1600. The molecule has 0 aliphatic heterocycles. The number of carboxylic acids is 1. The number of hydrogen-bond acceptors (Lipinski definition) is 3. The number of alkyl halides is 3. The summed E-state index contributed by atoms with van der Waals surface area (Å²) in [6.45, 7) is 0. The molecule has 36 heavy (non-hydrogen) atoms. The van der Waals surface area contributed by atoms with Crippen molar-refractivity contribution in [1.82, 2.24) is 0 Å². The first kappa shape index (κ1) is 24.9. The molecule has 0 aliphatic carbocycles. The Hall–Kier alpha value is -4.18. The highest BCUT2D eigenvalue weighted by Gasteiger charge is 2.46. The van der Waals surface area contributed by atoms with Crippen LogP contribution in [0.15, 0.2) is 78.9 Å². The van der Waals surface area contributed by atoms with Crippen LogP contribution in [-0.4, -0.2) is 25.0 Å². The molecule has 0 amide bonds. The van der Waals surface area contributed by atoms with Crippen molar-refractivity contribution in [3.63, 3.8) is 0 Å². The Morgan fingerprint density at radius 1 is 0.861 bits per heavy atom. The number of sulfonamides is 1. The van der Waals surface area contributed by atoms with Crippen molar-refractivity contribution >= 4 is 44.6 Å². The highest BCUT2D eigenvalue weighted by molar-refractivity contribution is 7.93. The lowest BCUT2D eigenvalue weighted by molar-refractivity contribution is -0.0429. The molecular formula is C26H17F4NO4S. The minimum absolute atomic E-state index is 0.0107. The van der Waals surface area contributed by atoms with Crippen LogP contribution in [0.2, 0.25) is 0 Å². The zero-order valence-electron chi connectivity index (χ0n) is 18.3. The maximum absolute atomic E-state index is 13.3. The molecule has 0 aromatic heterocycles. The van der Waals surface area contributed by atoms with E-state index in [4.69, 9.17) is 0 Å². The summed E-state index contributed by atoms with van der Waals surface area (Å²) in [5.74, 6) is -1.57. The van der Waals surface area contributed by atoms with E-state index in [0.717, 1.165) is 0 Å². The van der Waals surface area contributed by atoms with Gasteiger partial charge >= 0.3 is 21.5 Å². The summed E-state index contributed by atoms with van der Waals surface area (Å²) < 4.78 is 76.6. The van der Waals surface area contributed by atoms with Gasteiger partial charge in [0.25, 0.3) is 0 Å². The Morgan fingerprint density at radius 3 is 2.22 bits per heavy atom. The lowest BCUT2D eigenvalue weighted by atomic mass is 9.98. The number of carboxylic acid groups (broad SMARTS) is 1. The second-order valence-electron chi connectivity index (χ2n) is 7.78. The maximum Gasteiger partial charge on any atom is 0.516 e. The van der Waals surface area contributed by atoms with E-state index in [1.54, 1.807) is 53.3 Å². The van der Waals surface area contributed by atoms with E-state index in [1.165, 1.54) is 42.5 Å². The Kier molecular flexibility index (Phi) is 6.55. The molecule has 2 N–H and O–H groups in total. The van der Waals surface area contributed by atoms with Gasteiger partial charge in [-0.25, -0.2) is 9.18 Å². The Morgan fingerprint density at radius 2 is 1.56 bits per heavy atom. The van der Waals surface area contributed by atoms with E-state index in [1.807, 2.05) is 0 Å². The Balaban J connectivity index is 1.73. The number of fused-ring (bicyclic) bond motifs is 1.